The van der Waals surface area contributed by atoms with E-state index in [2.05, 4.69) is 76.3 Å². The number of halogens is 1. The van der Waals surface area contributed by atoms with Gasteiger partial charge in [0.1, 0.15) is 11.0 Å². The SMILES string of the molecule is Cc1ccc(-c2nc(Nc3ccc(I)cc3)c3c(n2)c(C)nn3C)cc1. The molecule has 0 spiro atoms. The van der Waals surface area contributed by atoms with Gasteiger partial charge in [0, 0.05) is 21.9 Å². The molecule has 0 unspecified atom stereocenters. The minimum atomic E-state index is 0.696. The van der Waals surface area contributed by atoms with Crippen molar-refractivity contribution in [1.82, 2.24) is 19.7 Å². The summed E-state index contributed by atoms with van der Waals surface area (Å²) < 4.78 is 3.02. The summed E-state index contributed by atoms with van der Waals surface area (Å²) in [6, 6.07) is 16.5. The Kier molecular flexibility index (Phi) is 4.36. The molecule has 0 saturated carbocycles. The lowest BCUT2D eigenvalue weighted by atomic mass is 10.1. The lowest BCUT2D eigenvalue weighted by Gasteiger charge is -2.10. The first-order valence-corrected chi connectivity index (χ1v) is 9.40. The Hall–Kier alpha value is -2.48. The van der Waals surface area contributed by atoms with E-state index in [1.54, 1.807) is 0 Å². The number of aromatic nitrogens is 4. The van der Waals surface area contributed by atoms with E-state index in [0.29, 0.717) is 5.82 Å². The number of hydrogen-bond donors (Lipinski definition) is 1. The predicted molar refractivity (Wildman–Crippen MR) is 114 cm³/mol. The normalized spacial score (nSPS) is 11.1. The van der Waals surface area contributed by atoms with Gasteiger partial charge in [0.05, 0.1) is 5.69 Å². The standard InChI is InChI=1S/C20H18IN5/c1-12-4-6-14(7-5-12)19-23-17-13(2)25-26(3)18(17)20(24-19)22-16-10-8-15(21)9-11-16/h4-11H,1-3H3,(H,22,23,24). The Labute approximate surface area is 165 Å². The van der Waals surface area contributed by atoms with Crippen molar-refractivity contribution in [2.24, 2.45) is 7.05 Å². The summed E-state index contributed by atoms with van der Waals surface area (Å²) in [6.45, 7) is 4.05. The second-order valence-corrected chi connectivity index (χ2v) is 7.55. The molecule has 4 aromatic rings. The first-order valence-electron chi connectivity index (χ1n) is 8.32. The highest BCUT2D eigenvalue weighted by molar-refractivity contribution is 14.1. The van der Waals surface area contributed by atoms with Crippen LogP contribution in [0, 0.1) is 17.4 Å². The number of benzene rings is 2. The zero-order chi connectivity index (χ0) is 18.3. The third kappa shape index (κ3) is 3.16. The molecular weight excluding hydrogens is 437 g/mol. The third-order valence-corrected chi connectivity index (χ3v) is 4.99. The molecule has 4 rings (SSSR count). The number of fused-ring (bicyclic) bond motifs is 1. The molecule has 1 N–H and O–H groups in total. The van der Waals surface area contributed by atoms with Crippen LogP contribution in [0.1, 0.15) is 11.3 Å². The summed E-state index contributed by atoms with van der Waals surface area (Å²) in [7, 11) is 1.92. The highest BCUT2D eigenvalue weighted by atomic mass is 127. The van der Waals surface area contributed by atoms with Crippen LogP contribution in [0.2, 0.25) is 0 Å². The Morgan fingerprint density at radius 2 is 1.62 bits per heavy atom. The number of anilines is 2. The van der Waals surface area contributed by atoms with E-state index in [0.717, 1.165) is 33.8 Å². The van der Waals surface area contributed by atoms with Crippen LogP contribution < -0.4 is 5.32 Å². The van der Waals surface area contributed by atoms with Crippen LogP contribution in [0.5, 0.6) is 0 Å². The fourth-order valence-corrected chi connectivity index (χ4v) is 3.28. The van der Waals surface area contributed by atoms with E-state index < -0.39 is 0 Å². The maximum absolute atomic E-state index is 4.81. The molecule has 0 atom stereocenters. The first-order chi connectivity index (χ1) is 12.5. The van der Waals surface area contributed by atoms with Crippen molar-refractivity contribution in [2.75, 3.05) is 5.32 Å². The van der Waals surface area contributed by atoms with Crippen molar-refractivity contribution in [3.05, 3.63) is 63.4 Å². The van der Waals surface area contributed by atoms with Crippen LogP contribution >= 0.6 is 22.6 Å². The lowest BCUT2D eigenvalue weighted by Crippen LogP contribution is -2.02. The molecule has 0 saturated heterocycles. The Morgan fingerprint density at radius 1 is 0.923 bits per heavy atom. The van der Waals surface area contributed by atoms with Crippen molar-refractivity contribution in [3.63, 3.8) is 0 Å². The number of aryl methyl sites for hydroxylation is 3. The highest BCUT2D eigenvalue weighted by Crippen LogP contribution is 2.29. The van der Waals surface area contributed by atoms with Crippen LogP contribution in [-0.2, 0) is 7.05 Å². The smallest absolute Gasteiger partial charge is 0.162 e. The van der Waals surface area contributed by atoms with Crippen LogP contribution in [0.3, 0.4) is 0 Å². The van der Waals surface area contributed by atoms with Gasteiger partial charge in [-0.25, -0.2) is 9.97 Å². The van der Waals surface area contributed by atoms with Gasteiger partial charge in [-0.15, -0.1) is 0 Å². The summed E-state index contributed by atoms with van der Waals surface area (Å²) in [5.74, 6) is 1.46. The largest absolute Gasteiger partial charge is 0.338 e. The molecule has 0 aliphatic heterocycles. The van der Waals surface area contributed by atoms with Gasteiger partial charge < -0.3 is 5.32 Å². The summed E-state index contributed by atoms with van der Waals surface area (Å²) in [6.07, 6.45) is 0. The van der Waals surface area contributed by atoms with Gasteiger partial charge in [-0.2, -0.15) is 5.10 Å². The average Bonchev–Trinajstić information content (AvgIpc) is 2.92. The van der Waals surface area contributed by atoms with Crippen molar-refractivity contribution >= 4 is 45.1 Å². The maximum atomic E-state index is 4.81. The zero-order valence-electron chi connectivity index (χ0n) is 14.8. The molecule has 0 radical (unpaired) electrons. The molecule has 6 heteroatoms. The van der Waals surface area contributed by atoms with Crippen LogP contribution in [-0.4, -0.2) is 19.7 Å². The Bertz CT molecular complexity index is 1080. The van der Waals surface area contributed by atoms with Crippen LogP contribution in [0.4, 0.5) is 11.5 Å². The Balaban J connectivity index is 1.88. The molecule has 2 heterocycles. The third-order valence-electron chi connectivity index (χ3n) is 4.27. The molecule has 5 nitrogen and oxygen atoms in total. The topological polar surface area (TPSA) is 55.6 Å². The van der Waals surface area contributed by atoms with Gasteiger partial charge in [0.2, 0.25) is 0 Å². The molecule has 0 amide bonds. The lowest BCUT2D eigenvalue weighted by molar-refractivity contribution is 0.783. The van der Waals surface area contributed by atoms with Gasteiger partial charge in [0.15, 0.2) is 11.6 Å². The molecule has 0 bridgehead atoms. The molecular formula is C20H18IN5. The van der Waals surface area contributed by atoms with E-state index >= 15 is 0 Å². The number of nitrogens with one attached hydrogen (secondary N) is 1. The molecule has 0 aliphatic carbocycles. The minimum absolute atomic E-state index is 0.696. The van der Waals surface area contributed by atoms with Gasteiger partial charge in [-0.1, -0.05) is 29.8 Å². The molecule has 0 fully saturated rings. The average molecular weight is 455 g/mol. The van der Waals surface area contributed by atoms with E-state index in [4.69, 9.17) is 9.97 Å². The minimum Gasteiger partial charge on any atom is -0.338 e. The summed E-state index contributed by atoms with van der Waals surface area (Å²) in [5.41, 5.74) is 5.85. The van der Waals surface area contributed by atoms with Gasteiger partial charge >= 0.3 is 0 Å². The first kappa shape index (κ1) is 17.0. The fraction of sp³-hybridized carbons (Fsp3) is 0.150. The van der Waals surface area contributed by atoms with Crippen LogP contribution in [0.15, 0.2) is 48.5 Å². The van der Waals surface area contributed by atoms with Gasteiger partial charge in [-0.05, 0) is 60.7 Å². The summed E-state index contributed by atoms with van der Waals surface area (Å²) in [4.78, 5) is 9.58. The number of rotatable bonds is 3. The van der Waals surface area contributed by atoms with E-state index in [-0.39, 0.29) is 0 Å². The molecule has 0 aliphatic rings. The Morgan fingerprint density at radius 3 is 2.31 bits per heavy atom. The van der Waals surface area contributed by atoms with Crippen molar-refractivity contribution in [2.45, 2.75) is 13.8 Å². The molecule has 2 aromatic carbocycles. The molecule has 130 valence electrons. The number of nitrogens with zero attached hydrogens (tertiary/aromatic N) is 4. The van der Waals surface area contributed by atoms with E-state index in [1.807, 2.05) is 30.8 Å². The van der Waals surface area contributed by atoms with E-state index in [1.165, 1.54) is 9.13 Å². The van der Waals surface area contributed by atoms with Gasteiger partial charge in [-0.3, -0.25) is 4.68 Å². The van der Waals surface area contributed by atoms with Crippen molar-refractivity contribution < 1.29 is 0 Å². The highest BCUT2D eigenvalue weighted by Gasteiger charge is 2.16. The van der Waals surface area contributed by atoms with Crippen LogP contribution in [0.25, 0.3) is 22.4 Å². The summed E-state index contributed by atoms with van der Waals surface area (Å²) in [5, 5.41) is 7.96. The quantitative estimate of drug-likeness (QED) is 0.442. The zero-order valence-corrected chi connectivity index (χ0v) is 16.9. The fourth-order valence-electron chi connectivity index (χ4n) is 2.92. The van der Waals surface area contributed by atoms with Crippen molar-refractivity contribution in [3.8, 4) is 11.4 Å². The predicted octanol–water partition coefficient (Wildman–Crippen LogP) is 5.00. The molecule has 26 heavy (non-hydrogen) atoms. The monoisotopic (exact) mass is 455 g/mol. The van der Waals surface area contributed by atoms with Gasteiger partial charge in [0.25, 0.3) is 0 Å². The molecule has 2 aromatic heterocycles. The summed E-state index contributed by atoms with van der Waals surface area (Å²) >= 11 is 2.30. The number of hydrogen-bond acceptors (Lipinski definition) is 4. The second-order valence-electron chi connectivity index (χ2n) is 6.30. The van der Waals surface area contributed by atoms with E-state index in [9.17, 15) is 0 Å². The maximum Gasteiger partial charge on any atom is 0.162 e. The van der Waals surface area contributed by atoms with Crippen molar-refractivity contribution in [1.29, 1.82) is 0 Å². The second kappa shape index (κ2) is 6.68.